The Morgan fingerprint density at radius 2 is 2.16 bits per heavy atom. The zero-order valence-electron chi connectivity index (χ0n) is 14.0. The lowest BCUT2D eigenvalue weighted by atomic mass is 10.1. The Morgan fingerprint density at radius 1 is 1.24 bits per heavy atom. The summed E-state index contributed by atoms with van der Waals surface area (Å²) in [6.07, 6.45) is 9.06. The van der Waals surface area contributed by atoms with Crippen LogP contribution in [0.4, 0.5) is 4.79 Å². The molecular weight excluding hydrogens is 316 g/mol. The smallest absolute Gasteiger partial charge is 0.318 e. The number of carbonyl (C=O) groups is 1. The van der Waals surface area contributed by atoms with E-state index in [-0.39, 0.29) is 12.1 Å². The van der Waals surface area contributed by atoms with Crippen LogP contribution in [0.1, 0.15) is 24.2 Å². The van der Waals surface area contributed by atoms with E-state index in [4.69, 9.17) is 0 Å². The summed E-state index contributed by atoms with van der Waals surface area (Å²) in [6, 6.07) is 7.94. The van der Waals surface area contributed by atoms with Gasteiger partial charge in [0.1, 0.15) is 12.1 Å². The summed E-state index contributed by atoms with van der Waals surface area (Å²) in [5, 5.41) is 3.03. The number of rotatable bonds is 3. The van der Waals surface area contributed by atoms with Gasteiger partial charge < -0.3 is 14.8 Å². The normalized spacial score (nSPS) is 16.5. The van der Waals surface area contributed by atoms with Gasteiger partial charge in [-0.2, -0.15) is 0 Å². The fourth-order valence-corrected chi connectivity index (χ4v) is 3.31. The molecule has 0 bridgehead atoms. The molecule has 4 rings (SSSR count). The van der Waals surface area contributed by atoms with Gasteiger partial charge in [0.15, 0.2) is 0 Å². The van der Waals surface area contributed by atoms with E-state index in [2.05, 4.69) is 39.0 Å². The first-order chi connectivity index (χ1) is 12.2. The van der Waals surface area contributed by atoms with Crippen molar-refractivity contribution in [3.63, 3.8) is 0 Å². The van der Waals surface area contributed by atoms with Crippen molar-refractivity contribution in [2.45, 2.75) is 26.1 Å². The van der Waals surface area contributed by atoms with Gasteiger partial charge in [-0.05, 0) is 25.1 Å². The molecule has 1 N–H and O–H groups in total. The van der Waals surface area contributed by atoms with E-state index in [0.717, 1.165) is 17.9 Å². The third-order valence-corrected chi connectivity index (χ3v) is 4.65. The number of amides is 2. The fraction of sp³-hybridized carbons (Fsp3) is 0.278. The van der Waals surface area contributed by atoms with Crippen LogP contribution in [0, 0.1) is 0 Å². The van der Waals surface area contributed by atoms with Crippen molar-refractivity contribution in [1.82, 2.24) is 29.3 Å². The summed E-state index contributed by atoms with van der Waals surface area (Å²) in [7, 11) is 0. The summed E-state index contributed by atoms with van der Waals surface area (Å²) >= 11 is 0. The van der Waals surface area contributed by atoms with Gasteiger partial charge in [0.2, 0.25) is 0 Å². The molecule has 0 aromatic carbocycles. The fourth-order valence-electron chi connectivity index (χ4n) is 3.31. The number of nitrogens with one attached hydrogen (secondary N) is 1. The Labute approximate surface area is 145 Å². The van der Waals surface area contributed by atoms with E-state index in [1.165, 1.54) is 5.69 Å². The van der Waals surface area contributed by atoms with Gasteiger partial charge in [-0.3, -0.25) is 4.57 Å². The average molecular weight is 336 g/mol. The van der Waals surface area contributed by atoms with Crippen LogP contribution in [0.15, 0.2) is 55.4 Å². The second-order valence-electron chi connectivity index (χ2n) is 6.11. The molecule has 7 nitrogen and oxygen atoms in total. The summed E-state index contributed by atoms with van der Waals surface area (Å²) in [4.78, 5) is 23.0. The van der Waals surface area contributed by atoms with Crippen molar-refractivity contribution in [2.24, 2.45) is 0 Å². The summed E-state index contributed by atoms with van der Waals surface area (Å²) in [5.41, 5.74) is 2.11. The van der Waals surface area contributed by atoms with Crippen LogP contribution < -0.4 is 5.32 Å². The topological polar surface area (TPSA) is 68.0 Å². The van der Waals surface area contributed by atoms with Crippen molar-refractivity contribution in [2.75, 3.05) is 6.54 Å². The summed E-state index contributed by atoms with van der Waals surface area (Å²) in [5.74, 6) is 0.779. The third-order valence-electron chi connectivity index (χ3n) is 4.65. The predicted octanol–water partition coefficient (Wildman–Crippen LogP) is 2.36. The van der Waals surface area contributed by atoms with Gasteiger partial charge in [0.05, 0.1) is 6.04 Å². The minimum Gasteiger partial charge on any atom is -0.348 e. The van der Waals surface area contributed by atoms with Gasteiger partial charge in [-0.1, -0.05) is 6.07 Å². The molecule has 0 fully saturated rings. The molecule has 0 saturated carbocycles. The second kappa shape index (κ2) is 6.43. The van der Waals surface area contributed by atoms with Gasteiger partial charge in [0.25, 0.3) is 0 Å². The standard InChI is InChI=1S/C18H20N6O/c1-14-16-5-3-8-22(16)10-11-24(14)18(25)21-12-15-4-2-6-20-17(15)23-9-7-19-13-23/h2-9,13-14H,10-12H2,1H3,(H,21,25)/t14-/m0/s1. The molecular formula is C18H20N6O. The Hall–Kier alpha value is -3.09. The van der Waals surface area contributed by atoms with Gasteiger partial charge in [0, 0.05) is 55.7 Å². The van der Waals surface area contributed by atoms with E-state index < -0.39 is 0 Å². The third kappa shape index (κ3) is 2.88. The van der Waals surface area contributed by atoms with Crippen LogP contribution in [0.2, 0.25) is 0 Å². The number of hydrogen-bond donors (Lipinski definition) is 1. The number of hydrogen-bond acceptors (Lipinski definition) is 3. The molecule has 3 aromatic heterocycles. The molecule has 1 aliphatic heterocycles. The number of urea groups is 1. The lowest BCUT2D eigenvalue weighted by Crippen LogP contribution is -2.45. The maximum Gasteiger partial charge on any atom is 0.318 e. The second-order valence-corrected chi connectivity index (χ2v) is 6.11. The van der Waals surface area contributed by atoms with Crippen molar-refractivity contribution in [3.8, 4) is 5.82 Å². The molecule has 1 aliphatic rings. The Morgan fingerprint density at radius 3 is 3.00 bits per heavy atom. The molecule has 0 radical (unpaired) electrons. The van der Waals surface area contributed by atoms with E-state index in [9.17, 15) is 4.79 Å². The highest BCUT2D eigenvalue weighted by atomic mass is 16.2. The number of aromatic nitrogens is 4. The molecule has 25 heavy (non-hydrogen) atoms. The monoisotopic (exact) mass is 336 g/mol. The first-order valence-corrected chi connectivity index (χ1v) is 8.36. The van der Waals surface area contributed by atoms with Crippen LogP contribution in [0.3, 0.4) is 0 Å². The van der Waals surface area contributed by atoms with E-state index in [0.29, 0.717) is 13.1 Å². The molecule has 0 aliphatic carbocycles. The maximum absolute atomic E-state index is 12.7. The maximum atomic E-state index is 12.7. The number of imidazole rings is 1. The van der Waals surface area contributed by atoms with Crippen LogP contribution in [0.25, 0.3) is 5.82 Å². The molecule has 7 heteroatoms. The molecule has 0 spiro atoms. The van der Waals surface area contributed by atoms with Crippen molar-refractivity contribution in [3.05, 3.63) is 66.6 Å². The Kier molecular flexibility index (Phi) is 3.97. The average Bonchev–Trinajstić information content (AvgIpc) is 3.32. The molecule has 0 saturated heterocycles. The van der Waals surface area contributed by atoms with Crippen LogP contribution in [-0.2, 0) is 13.1 Å². The molecule has 3 aromatic rings. The highest BCUT2D eigenvalue weighted by Gasteiger charge is 2.27. The van der Waals surface area contributed by atoms with Gasteiger partial charge in [-0.15, -0.1) is 0 Å². The van der Waals surface area contributed by atoms with Crippen LogP contribution in [0.5, 0.6) is 0 Å². The zero-order chi connectivity index (χ0) is 17.2. The first kappa shape index (κ1) is 15.4. The van der Waals surface area contributed by atoms with Gasteiger partial charge >= 0.3 is 6.03 Å². The number of carbonyl (C=O) groups excluding carboxylic acids is 1. The molecule has 1 atom stereocenters. The summed E-state index contributed by atoms with van der Waals surface area (Å²) in [6.45, 7) is 4.01. The highest BCUT2D eigenvalue weighted by molar-refractivity contribution is 5.75. The van der Waals surface area contributed by atoms with Crippen molar-refractivity contribution >= 4 is 6.03 Å². The van der Waals surface area contributed by atoms with Crippen molar-refractivity contribution < 1.29 is 4.79 Å². The highest BCUT2D eigenvalue weighted by Crippen LogP contribution is 2.25. The van der Waals surface area contributed by atoms with Crippen molar-refractivity contribution in [1.29, 1.82) is 0 Å². The molecule has 0 unspecified atom stereocenters. The minimum atomic E-state index is -0.0552. The SMILES string of the molecule is C[C@H]1c2cccn2CCN1C(=O)NCc1cccnc1-n1ccnc1. The molecule has 4 heterocycles. The Balaban J connectivity index is 1.47. The summed E-state index contributed by atoms with van der Waals surface area (Å²) < 4.78 is 4.05. The Bertz CT molecular complexity index is 869. The lowest BCUT2D eigenvalue weighted by molar-refractivity contribution is 0.162. The largest absolute Gasteiger partial charge is 0.348 e. The minimum absolute atomic E-state index is 0.0552. The quantitative estimate of drug-likeness (QED) is 0.798. The number of nitrogens with zero attached hydrogens (tertiary/aromatic N) is 5. The molecule has 128 valence electrons. The van der Waals surface area contributed by atoms with Crippen LogP contribution in [-0.4, -0.2) is 36.6 Å². The zero-order valence-corrected chi connectivity index (χ0v) is 14.0. The number of fused-ring (bicyclic) bond motifs is 1. The van der Waals surface area contributed by atoms with E-state index in [1.54, 1.807) is 18.7 Å². The lowest BCUT2D eigenvalue weighted by Gasteiger charge is -2.34. The van der Waals surface area contributed by atoms with Gasteiger partial charge in [-0.25, -0.2) is 14.8 Å². The number of pyridine rings is 1. The first-order valence-electron chi connectivity index (χ1n) is 8.36. The predicted molar refractivity (Wildman–Crippen MR) is 93.1 cm³/mol. The van der Waals surface area contributed by atoms with Crippen LogP contribution >= 0.6 is 0 Å². The van der Waals surface area contributed by atoms with E-state index >= 15 is 0 Å². The molecule has 2 amide bonds. The van der Waals surface area contributed by atoms with E-state index in [1.807, 2.05) is 33.9 Å².